The van der Waals surface area contributed by atoms with E-state index in [1.807, 2.05) is 13.1 Å². The predicted octanol–water partition coefficient (Wildman–Crippen LogP) is 1.20. The lowest BCUT2D eigenvalue weighted by atomic mass is 10.3. The molecule has 66 valence electrons. The molecule has 12 heavy (non-hydrogen) atoms. The zero-order chi connectivity index (χ0) is 8.65. The van der Waals surface area contributed by atoms with Crippen LogP contribution in [0.25, 0.3) is 0 Å². The molecule has 2 N–H and O–H groups in total. The van der Waals surface area contributed by atoms with E-state index >= 15 is 0 Å². The van der Waals surface area contributed by atoms with Gasteiger partial charge in [-0.25, -0.2) is 0 Å². The Morgan fingerprint density at radius 3 is 3.00 bits per heavy atom. The Bertz CT molecular complexity index is 202. The molecular formula is C10H16N2. The summed E-state index contributed by atoms with van der Waals surface area (Å²) < 4.78 is 0. The Balaban J connectivity index is 2.26. The van der Waals surface area contributed by atoms with Gasteiger partial charge in [0.2, 0.25) is 0 Å². The number of allylic oxidation sites excluding steroid dienone is 5. The molecule has 0 aromatic rings. The molecule has 0 amide bonds. The van der Waals surface area contributed by atoms with Gasteiger partial charge in [-0.3, -0.25) is 0 Å². The maximum absolute atomic E-state index is 3.36. The van der Waals surface area contributed by atoms with Crippen molar-refractivity contribution >= 4 is 0 Å². The second-order valence-electron chi connectivity index (χ2n) is 2.74. The SMILES string of the molecule is CNCCNC1=CC=CC=CC1. The molecule has 0 saturated heterocycles. The molecule has 0 radical (unpaired) electrons. The van der Waals surface area contributed by atoms with E-state index in [0.717, 1.165) is 19.5 Å². The highest BCUT2D eigenvalue weighted by molar-refractivity contribution is 5.22. The first-order valence-electron chi connectivity index (χ1n) is 4.34. The van der Waals surface area contributed by atoms with E-state index in [4.69, 9.17) is 0 Å². The Morgan fingerprint density at radius 1 is 1.25 bits per heavy atom. The van der Waals surface area contributed by atoms with E-state index in [0.29, 0.717) is 0 Å². The van der Waals surface area contributed by atoms with Crippen molar-refractivity contribution < 1.29 is 0 Å². The van der Waals surface area contributed by atoms with E-state index in [2.05, 4.69) is 34.9 Å². The summed E-state index contributed by atoms with van der Waals surface area (Å²) >= 11 is 0. The maximum atomic E-state index is 3.36. The molecule has 2 nitrogen and oxygen atoms in total. The number of rotatable bonds is 4. The van der Waals surface area contributed by atoms with Crippen molar-refractivity contribution in [1.29, 1.82) is 0 Å². The summed E-state index contributed by atoms with van der Waals surface area (Å²) in [5, 5.41) is 6.46. The van der Waals surface area contributed by atoms with Crippen molar-refractivity contribution in [3.63, 3.8) is 0 Å². The number of nitrogens with one attached hydrogen (secondary N) is 2. The number of hydrogen-bond acceptors (Lipinski definition) is 2. The quantitative estimate of drug-likeness (QED) is 0.610. The van der Waals surface area contributed by atoms with Gasteiger partial charge in [0.1, 0.15) is 0 Å². The van der Waals surface area contributed by atoms with Gasteiger partial charge >= 0.3 is 0 Å². The van der Waals surface area contributed by atoms with Gasteiger partial charge in [0.05, 0.1) is 0 Å². The normalized spacial score (nSPS) is 15.6. The van der Waals surface area contributed by atoms with Crippen molar-refractivity contribution in [3.05, 3.63) is 36.1 Å². The van der Waals surface area contributed by atoms with Gasteiger partial charge in [0, 0.05) is 25.2 Å². The van der Waals surface area contributed by atoms with E-state index < -0.39 is 0 Å². The van der Waals surface area contributed by atoms with Crippen LogP contribution >= 0.6 is 0 Å². The fraction of sp³-hybridized carbons (Fsp3) is 0.400. The average Bonchev–Trinajstić information content (AvgIpc) is 2.33. The molecule has 1 aliphatic rings. The first kappa shape index (κ1) is 9.07. The van der Waals surface area contributed by atoms with Crippen LogP contribution in [0.2, 0.25) is 0 Å². The fourth-order valence-corrected chi connectivity index (χ4v) is 1.06. The largest absolute Gasteiger partial charge is 0.387 e. The van der Waals surface area contributed by atoms with Crippen LogP contribution in [0.3, 0.4) is 0 Å². The van der Waals surface area contributed by atoms with Crippen LogP contribution in [-0.2, 0) is 0 Å². The van der Waals surface area contributed by atoms with Crippen LogP contribution < -0.4 is 10.6 Å². The van der Waals surface area contributed by atoms with Crippen molar-refractivity contribution in [2.75, 3.05) is 20.1 Å². The van der Waals surface area contributed by atoms with Gasteiger partial charge in [0.25, 0.3) is 0 Å². The van der Waals surface area contributed by atoms with Gasteiger partial charge in [-0.05, 0) is 13.1 Å². The summed E-state index contributed by atoms with van der Waals surface area (Å²) in [6.07, 6.45) is 11.5. The number of likely N-dealkylation sites (N-methyl/N-ethyl adjacent to an activating group) is 1. The zero-order valence-corrected chi connectivity index (χ0v) is 7.51. The third-order valence-corrected chi connectivity index (χ3v) is 1.72. The minimum Gasteiger partial charge on any atom is -0.387 e. The molecule has 0 aliphatic heterocycles. The molecule has 1 aliphatic carbocycles. The van der Waals surface area contributed by atoms with Crippen molar-refractivity contribution in [1.82, 2.24) is 10.6 Å². The third-order valence-electron chi connectivity index (χ3n) is 1.72. The van der Waals surface area contributed by atoms with E-state index in [-0.39, 0.29) is 0 Å². The Kier molecular flexibility index (Phi) is 4.24. The lowest BCUT2D eigenvalue weighted by Gasteiger charge is -2.07. The third kappa shape index (κ3) is 3.39. The Hall–Kier alpha value is -1.02. The minimum atomic E-state index is 0.990. The van der Waals surface area contributed by atoms with Crippen molar-refractivity contribution in [2.24, 2.45) is 0 Å². The fourth-order valence-electron chi connectivity index (χ4n) is 1.06. The van der Waals surface area contributed by atoms with Gasteiger partial charge in [-0.1, -0.05) is 24.3 Å². The highest BCUT2D eigenvalue weighted by Gasteiger charge is 1.92. The summed E-state index contributed by atoms with van der Waals surface area (Å²) in [6.45, 7) is 1.99. The summed E-state index contributed by atoms with van der Waals surface area (Å²) in [7, 11) is 1.96. The molecule has 0 spiro atoms. The molecule has 0 saturated carbocycles. The molecule has 2 heteroatoms. The maximum Gasteiger partial charge on any atom is 0.0269 e. The summed E-state index contributed by atoms with van der Waals surface area (Å²) in [4.78, 5) is 0. The first-order valence-corrected chi connectivity index (χ1v) is 4.34. The summed E-state index contributed by atoms with van der Waals surface area (Å²) in [6, 6.07) is 0. The lowest BCUT2D eigenvalue weighted by molar-refractivity contribution is 0.708. The summed E-state index contributed by atoms with van der Waals surface area (Å²) in [5.41, 5.74) is 1.29. The minimum absolute atomic E-state index is 0.990. The Morgan fingerprint density at radius 2 is 2.17 bits per heavy atom. The highest BCUT2D eigenvalue weighted by Crippen LogP contribution is 2.02. The van der Waals surface area contributed by atoms with Crippen LogP contribution in [0.5, 0.6) is 0 Å². The van der Waals surface area contributed by atoms with E-state index in [1.165, 1.54) is 5.70 Å². The standard InChI is InChI=1S/C10H16N2/c1-11-8-9-12-10-6-4-2-3-5-7-10/h2-6,11-12H,7-9H2,1H3. The zero-order valence-electron chi connectivity index (χ0n) is 7.51. The number of hydrogen-bond donors (Lipinski definition) is 2. The first-order chi connectivity index (χ1) is 5.93. The highest BCUT2D eigenvalue weighted by atomic mass is 14.9. The van der Waals surface area contributed by atoms with Crippen molar-refractivity contribution in [3.8, 4) is 0 Å². The second-order valence-corrected chi connectivity index (χ2v) is 2.74. The molecular weight excluding hydrogens is 148 g/mol. The van der Waals surface area contributed by atoms with Crippen LogP contribution in [0.4, 0.5) is 0 Å². The van der Waals surface area contributed by atoms with Crippen LogP contribution in [0, 0.1) is 0 Å². The van der Waals surface area contributed by atoms with Gasteiger partial charge in [-0.15, -0.1) is 0 Å². The monoisotopic (exact) mass is 164 g/mol. The molecule has 0 heterocycles. The van der Waals surface area contributed by atoms with Gasteiger partial charge in [0.15, 0.2) is 0 Å². The molecule has 0 fully saturated rings. The molecule has 0 unspecified atom stereocenters. The molecule has 0 aromatic heterocycles. The van der Waals surface area contributed by atoms with Gasteiger partial charge < -0.3 is 10.6 Å². The molecule has 0 atom stereocenters. The van der Waals surface area contributed by atoms with E-state index in [1.54, 1.807) is 0 Å². The van der Waals surface area contributed by atoms with Crippen LogP contribution in [0.1, 0.15) is 6.42 Å². The molecule has 0 aromatic carbocycles. The van der Waals surface area contributed by atoms with Crippen LogP contribution in [-0.4, -0.2) is 20.1 Å². The average molecular weight is 164 g/mol. The van der Waals surface area contributed by atoms with Gasteiger partial charge in [-0.2, -0.15) is 0 Å². The lowest BCUT2D eigenvalue weighted by Crippen LogP contribution is -2.24. The molecule has 0 bridgehead atoms. The Labute approximate surface area is 74.0 Å². The topological polar surface area (TPSA) is 24.1 Å². The van der Waals surface area contributed by atoms with Crippen LogP contribution in [0.15, 0.2) is 36.1 Å². The van der Waals surface area contributed by atoms with Crippen molar-refractivity contribution in [2.45, 2.75) is 6.42 Å². The van der Waals surface area contributed by atoms with E-state index in [9.17, 15) is 0 Å². The molecule has 1 rings (SSSR count). The summed E-state index contributed by atoms with van der Waals surface area (Å²) in [5.74, 6) is 0. The smallest absolute Gasteiger partial charge is 0.0269 e. The predicted molar refractivity (Wildman–Crippen MR) is 52.9 cm³/mol. The second kappa shape index (κ2) is 5.61.